The molecule has 2 amide bonds. The third-order valence-corrected chi connectivity index (χ3v) is 4.18. The van der Waals surface area contributed by atoms with Crippen molar-refractivity contribution in [2.24, 2.45) is 5.73 Å². The molecular weight excluding hydrogens is 300 g/mol. The molecule has 2 N–H and O–H groups in total. The molecule has 0 spiro atoms. The Balaban J connectivity index is 1.77. The summed E-state index contributed by atoms with van der Waals surface area (Å²) in [5.41, 5.74) is 8.54. The van der Waals surface area contributed by atoms with Crippen molar-refractivity contribution in [3.63, 3.8) is 0 Å². The zero-order chi connectivity index (χ0) is 16.0. The minimum Gasteiger partial charge on any atom is -0.446 e. The summed E-state index contributed by atoms with van der Waals surface area (Å²) >= 11 is 0. The van der Waals surface area contributed by atoms with Crippen LogP contribution in [0, 0.1) is 0 Å². The van der Waals surface area contributed by atoms with Crippen LogP contribution in [0.3, 0.4) is 0 Å². The number of nitrogens with two attached hydrogens (primary N) is 1. The van der Waals surface area contributed by atoms with Crippen LogP contribution in [0.2, 0.25) is 0 Å². The average Bonchev–Trinajstić information content (AvgIpc) is 3.10. The fourth-order valence-electron chi connectivity index (χ4n) is 3.04. The second-order valence-electron chi connectivity index (χ2n) is 5.60. The molecule has 4 rings (SSSR count). The number of pyridine rings is 1. The SMILES string of the molecule is NC(=O)[C@@H]1COC(=O)N1c1cnc2c(c1)CCCc1cnoc1-2. The normalized spacial score (nSPS) is 19.7. The summed E-state index contributed by atoms with van der Waals surface area (Å²) in [5.74, 6) is 0.0582. The van der Waals surface area contributed by atoms with Gasteiger partial charge in [0, 0.05) is 5.56 Å². The van der Waals surface area contributed by atoms with E-state index >= 15 is 0 Å². The molecule has 3 heterocycles. The van der Waals surface area contributed by atoms with Crippen molar-refractivity contribution in [1.82, 2.24) is 10.1 Å². The highest BCUT2D eigenvalue weighted by Crippen LogP contribution is 2.33. The van der Waals surface area contributed by atoms with Crippen molar-refractivity contribution in [3.05, 3.63) is 29.6 Å². The quantitative estimate of drug-likeness (QED) is 0.886. The largest absolute Gasteiger partial charge is 0.446 e. The Morgan fingerprint density at radius 3 is 2.96 bits per heavy atom. The van der Waals surface area contributed by atoms with Gasteiger partial charge in [-0.15, -0.1) is 0 Å². The standard InChI is InChI=1S/C15H14N4O4/c16-14(20)11-7-22-15(21)19(11)10-4-8-2-1-3-9-5-18-23-13(9)12(8)17-6-10/h4-6,11H,1-3,7H2,(H2,16,20)/t11-/m0/s1. The number of cyclic esters (lactones) is 1. The highest BCUT2D eigenvalue weighted by molar-refractivity contribution is 5.99. The number of rotatable bonds is 2. The second-order valence-corrected chi connectivity index (χ2v) is 5.60. The van der Waals surface area contributed by atoms with Crippen LogP contribution in [-0.2, 0) is 22.4 Å². The van der Waals surface area contributed by atoms with E-state index < -0.39 is 18.0 Å². The van der Waals surface area contributed by atoms with E-state index in [0.29, 0.717) is 11.4 Å². The summed E-state index contributed by atoms with van der Waals surface area (Å²) in [6.07, 6.45) is 5.23. The lowest BCUT2D eigenvalue weighted by Crippen LogP contribution is -2.43. The molecule has 0 radical (unpaired) electrons. The van der Waals surface area contributed by atoms with Crippen LogP contribution in [0.25, 0.3) is 11.5 Å². The van der Waals surface area contributed by atoms with Gasteiger partial charge >= 0.3 is 6.09 Å². The third-order valence-electron chi connectivity index (χ3n) is 4.18. The Hall–Kier alpha value is -2.90. The Kier molecular flexibility index (Phi) is 3.03. The summed E-state index contributed by atoms with van der Waals surface area (Å²) in [5, 5.41) is 3.83. The number of aromatic nitrogens is 2. The number of ether oxygens (including phenoxy) is 1. The van der Waals surface area contributed by atoms with Gasteiger partial charge in [0.1, 0.15) is 12.3 Å². The van der Waals surface area contributed by atoms with Gasteiger partial charge in [0.25, 0.3) is 0 Å². The van der Waals surface area contributed by atoms with Gasteiger partial charge in [0.05, 0.1) is 18.1 Å². The summed E-state index contributed by atoms with van der Waals surface area (Å²) in [6.45, 7) is -0.0441. The molecule has 2 aromatic rings. The molecule has 2 aromatic heterocycles. The number of nitrogens with zero attached hydrogens (tertiary/aromatic N) is 3. The molecule has 2 aliphatic rings. The maximum Gasteiger partial charge on any atom is 0.415 e. The van der Waals surface area contributed by atoms with Crippen LogP contribution < -0.4 is 10.6 Å². The molecule has 118 valence electrons. The minimum atomic E-state index is -0.811. The lowest BCUT2D eigenvalue weighted by atomic mass is 10.1. The lowest BCUT2D eigenvalue weighted by molar-refractivity contribution is -0.119. The van der Waals surface area contributed by atoms with Gasteiger partial charge in [-0.1, -0.05) is 5.16 Å². The summed E-state index contributed by atoms with van der Waals surface area (Å²) in [4.78, 5) is 29.1. The molecule has 0 bridgehead atoms. The van der Waals surface area contributed by atoms with Crippen LogP contribution in [0.4, 0.5) is 10.5 Å². The van der Waals surface area contributed by atoms with Gasteiger partial charge in [-0.05, 0) is 30.9 Å². The van der Waals surface area contributed by atoms with E-state index in [1.807, 2.05) is 6.07 Å². The number of aryl methyl sites for hydroxylation is 2. The summed E-state index contributed by atoms with van der Waals surface area (Å²) in [7, 11) is 0. The molecular formula is C15H14N4O4. The van der Waals surface area contributed by atoms with Crippen LogP contribution in [0.15, 0.2) is 23.0 Å². The van der Waals surface area contributed by atoms with Crippen LogP contribution in [0.5, 0.6) is 0 Å². The number of hydrogen-bond acceptors (Lipinski definition) is 6. The van der Waals surface area contributed by atoms with Crippen LogP contribution in [0.1, 0.15) is 17.5 Å². The summed E-state index contributed by atoms with van der Waals surface area (Å²) < 4.78 is 10.3. The Morgan fingerprint density at radius 2 is 2.13 bits per heavy atom. The molecule has 1 fully saturated rings. The van der Waals surface area contributed by atoms with Gasteiger partial charge < -0.3 is 15.0 Å². The fraction of sp³-hybridized carbons (Fsp3) is 0.333. The maximum atomic E-state index is 11.9. The Labute approximate surface area is 131 Å². The first-order valence-corrected chi connectivity index (χ1v) is 7.33. The molecule has 1 saturated heterocycles. The topological polar surface area (TPSA) is 112 Å². The smallest absolute Gasteiger partial charge is 0.415 e. The monoisotopic (exact) mass is 314 g/mol. The second kappa shape index (κ2) is 5.08. The zero-order valence-electron chi connectivity index (χ0n) is 12.2. The molecule has 8 heteroatoms. The van der Waals surface area contributed by atoms with E-state index in [2.05, 4.69) is 10.1 Å². The van der Waals surface area contributed by atoms with Gasteiger partial charge in [-0.3, -0.25) is 14.7 Å². The maximum absolute atomic E-state index is 11.9. The van der Waals surface area contributed by atoms with Crippen LogP contribution in [-0.4, -0.2) is 34.8 Å². The predicted molar refractivity (Wildman–Crippen MR) is 78.6 cm³/mol. The minimum absolute atomic E-state index is 0.0441. The van der Waals surface area contributed by atoms with E-state index in [9.17, 15) is 9.59 Å². The number of carbonyl (C=O) groups excluding carboxylic acids is 2. The molecule has 1 aliphatic carbocycles. The first kappa shape index (κ1) is 13.7. The number of hydrogen-bond donors (Lipinski definition) is 1. The van der Waals surface area contributed by atoms with Crippen molar-refractivity contribution in [2.75, 3.05) is 11.5 Å². The fourth-order valence-corrected chi connectivity index (χ4v) is 3.04. The van der Waals surface area contributed by atoms with Crippen molar-refractivity contribution in [1.29, 1.82) is 0 Å². The number of fused-ring (bicyclic) bond motifs is 3. The molecule has 1 atom stereocenters. The first-order chi connectivity index (χ1) is 11.1. The highest BCUT2D eigenvalue weighted by atomic mass is 16.6. The zero-order valence-corrected chi connectivity index (χ0v) is 12.2. The highest BCUT2D eigenvalue weighted by Gasteiger charge is 2.38. The van der Waals surface area contributed by atoms with E-state index in [-0.39, 0.29) is 6.61 Å². The Bertz CT molecular complexity index is 801. The van der Waals surface area contributed by atoms with E-state index in [1.54, 1.807) is 6.20 Å². The molecule has 0 unspecified atom stereocenters. The molecule has 1 aliphatic heterocycles. The first-order valence-electron chi connectivity index (χ1n) is 7.33. The van der Waals surface area contributed by atoms with Gasteiger partial charge in [-0.2, -0.15) is 0 Å². The van der Waals surface area contributed by atoms with E-state index in [0.717, 1.165) is 36.1 Å². The van der Waals surface area contributed by atoms with Crippen LogP contribution >= 0.6 is 0 Å². The predicted octanol–water partition coefficient (Wildman–Crippen LogP) is 1.04. The number of carbonyl (C=O) groups is 2. The molecule has 8 nitrogen and oxygen atoms in total. The van der Waals surface area contributed by atoms with E-state index in [1.165, 1.54) is 11.1 Å². The van der Waals surface area contributed by atoms with Crippen molar-refractivity contribution >= 4 is 17.7 Å². The molecule has 0 saturated carbocycles. The Morgan fingerprint density at radius 1 is 1.30 bits per heavy atom. The third kappa shape index (κ3) is 2.14. The van der Waals surface area contributed by atoms with Crippen molar-refractivity contribution in [3.8, 4) is 11.5 Å². The summed E-state index contributed by atoms with van der Waals surface area (Å²) in [6, 6.07) is 1.02. The van der Waals surface area contributed by atoms with Crippen molar-refractivity contribution in [2.45, 2.75) is 25.3 Å². The van der Waals surface area contributed by atoms with Gasteiger partial charge in [0.15, 0.2) is 11.8 Å². The van der Waals surface area contributed by atoms with Crippen molar-refractivity contribution < 1.29 is 18.8 Å². The lowest BCUT2D eigenvalue weighted by Gasteiger charge is -2.19. The number of primary amides is 1. The molecule has 23 heavy (non-hydrogen) atoms. The average molecular weight is 314 g/mol. The number of amides is 2. The molecule has 0 aromatic carbocycles. The van der Waals surface area contributed by atoms with Gasteiger partial charge in [-0.25, -0.2) is 4.79 Å². The van der Waals surface area contributed by atoms with E-state index in [4.69, 9.17) is 15.0 Å². The van der Waals surface area contributed by atoms with Gasteiger partial charge in [0.2, 0.25) is 5.91 Å². The number of anilines is 1.